The number of hydrogen-bond donors (Lipinski definition) is 0. The second-order valence-corrected chi connectivity index (χ2v) is 6.90. The molecule has 0 N–H and O–H groups in total. The molecule has 1 aliphatic heterocycles. The van der Waals surface area contributed by atoms with Crippen LogP contribution in [-0.2, 0) is 11.5 Å². The molecule has 140 valence electrons. The smallest absolute Gasteiger partial charge is 0.270 e. The van der Waals surface area contributed by atoms with Gasteiger partial charge in [0.1, 0.15) is 6.67 Å². The van der Waals surface area contributed by atoms with Crippen LogP contribution in [0.1, 0.15) is 0 Å². The van der Waals surface area contributed by atoms with Crippen LogP contribution in [0.2, 0.25) is 0 Å². The van der Waals surface area contributed by atoms with E-state index in [0.717, 1.165) is 0 Å². The quantitative estimate of drug-likeness (QED) is 0.496. The number of nitro groups is 1. The molecule has 0 aliphatic carbocycles. The van der Waals surface area contributed by atoms with Crippen LogP contribution in [0.3, 0.4) is 0 Å². The number of benzene rings is 2. The highest BCUT2D eigenvalue weighted by Gasteiger charge is 2.29. The van der Waals surface area contributed by atoms with Gasteiger partial charge in [-0.15, -0.1) is 0 Å². The van der Waals surface area contributed by atoms with Crippen molar-refractivity contribution in [2.75, 3.05) is 5.75 Å². The van der Waals surface area contributed by atoms with E-state index in [-0.39, 0.29) is 29.4 Å². The first-order valence-electron chi connectivity index (χ1n) is 8.23. The van der Waals surface area contributed by atoms with Crippen molar-refractivity contribution in [2.24, 2.45) is 4.99 Å². The highest BCUT2D eigenvalue weighted by Crippen LogP contribution is 2.24. The second kappa shape index (κ2) is 7.24. The SMILES string of the molecule is O=C1CSC(=Nc2ccccc2)N1Cn1cnc2ccc([N+](=O)[O-])cc2c1=O. The van der Waals surface area contributed by atoms with Crippen LogP contribution in [0.25, 0.3) is 10.9 Å². The van der Waals surface area contributed by atoms with Gasteiger partial charge in [0.2, 0.25) is 5.91 Å². The summed E-state index contributed by atoms with van der Waals surface area (Å²) >= 11 is 1.29. The lowest BCUT2D eigenvalue weighted by Crippen LogP contribution is -2.36. The zero-order chi connectivity index (χ0) is 19.7. The molecule has 1 fully saturated rings. The molecule has 2 aromatic carbocycles. The van der Waals surface area contributed by atoms with Gasteiger partial charge in [-0.25, -0.2) is 9.98 Å². The molecule has 0 unspecified atom stereocenters. The Balaban J connectivity index is 1.71. The highest BCUT2D eigenvalue weighted by atomic mass is 32.2. The van der Waals surface area contributed by atoms with Gasteiger partial charge in [0.25, 0.3) is 11.2 Å². The minimum Gasteiger partial charge on any atom is -0.280 e. The fourth-order valence-corrected chi connectivity index (χ4v) is 3.64. The Labute approximate surface area is 162 Å². The number of thioether (sulfide) groups is 1. The van der Waals surface area contributed by atoms with E-state index in [1.54, 1.807) is 0 Å². The molecule has 1 aliphatic rings. The lowest BCUT2D eigenvalue weighted by Gasteiger charge is -2.17. The maximum atomic E-state index is 12.8. The predicted molar refractivity (Wildman–Crippen MR) is 105 cm³/mol. The Bertz CT molecular complexity index is 1180. The van der Waals surface area contributed by atoms with Crippen molar-refractivity contribution < 1.29 is 9.72 Å². The number of carbonyl (C=O) groups excluding carboxylic acids is 1. The zero-order valence-corrected chi connectivity index (χ0v) is 15.2. The second-order valence-electron chi connectivity index (χ2n) is 5.96. The van der Waals surface area contributed by atoms with Crippen LogP contribution < -0.4 is 5.56 Å². The standard InChI is InChI=1S/C18H13N5O4S/c24-16-9-28-18(20-12-4-2-1-3-5-12)22(16)11-21-10-19-15-7-6-13(23(26)27)8-14(15)17(21)25/h1-8,10H,9,11H2. The van der Waals surface area contributed by atoms with Crippen LogP contribution in [0.15, 0.2) is 64.6 Å². The minimum atomic E-state index is -0.568. The van der Waals surface area contributed by atoms with Crippen LogP contribution in [0.4, 0.5) is 11.4 Å². The number of amidine groups is 1. The van der Waals surface area contributed by atoms with Gasteiger partial charge in [-0.3, -0.25) is 29.2 Å². The molecule has 0 radical (unpaired) electrons. The number of hydrogen-bond acceptors (Lipinski definition) is 7. The summed E-state index contributed by atoms with van der Waals surface area (Å²) in [6, 6.07) is 13.1. The van der Waals surface area contributed by atoms with E-state index in [0.29, 0.717) is 16.4 Å². The third kappa shape index (κ3) is 3.37. The number of amides is 1. The van der Waals surface area contributed by atoms with E-state index in [4.69, 9.17) is 0 Å². The van der Waals surface area contributed by atoms with Crippen molar-refractivity contribution in [3.8, 4) is 0 Å². The van der Waals surface area contributed by atoms with Crippen LogP contribution >= 0.6 is 11.8 Å². The summed E-state index contributed by atoms with van der Waals surface area (Å²) in [5, 5.41) is 11.6. The first-order chi connectivity index (χ1) is 13.5. The topological polar surface area (TPSA) is 111 Å². The molecule has 0 atom stereocenters. The molecule has 9 nitrogen and oxygen atoms in total. The lowest BCUT2D eigenvalue weighted by molar-refractivity contribution is -0.384. The van der Waals surface area contributed by atoms with Crippen molar-refractivity contribution >= 4 is 45.1 Å². The number of nitrogens with zero attached hydrogens (tertiary/aromatic N) is 5. The number of rotatable bonds is 4. The van der Waals surface area contributed by atoms with E-state index >= 15 is 0 Å². The molecule has 2 heterocycles. The molecule has 28 heavy (non-hydrogen) atoms. The molecular weight excluding hydrogens is 382 g/mol. The summed E-state index contributed by atoms with van der Waals surface area (Å²) in [5.74, 6) is 0.0538. The van der Waals surface area contributed by atoms with Gasteiger partial charge in [-0.05, 0) is 18.2 Å². The minimum absolute atomic E-state index is 0.0675. The number of non-ortho nitro benzene ring substituents is 1. The molecule has 0 bridgehead atoms. The maximum Gasteiger partial charge on any atom is 0.270 e. The number of fused-ring (bicyclic) bond motifs is 1. The third-order valence-corrected chi connectivity index (χ3v) is 5.11. The van der Waals surface area contributed by atoms with Gasteiger partial charge < -0.3 is 0 Å². The molecule has 3 aromatic rings. The van der Waals surface area contributed by atoms with Gasteiger partial charge in [0.05, 0.1) is 33.6 Å². The Morgan fingerprint density at radius 2 is 1.96 bits per heavy atom. The van der Waals surface area contributed by atoms with Crippen LogP contribution in [0, 0.1) is 10.1 Å². The molecule has 4 rings (SSSR count). The lowest BCUT2D eigenvalue weighted by atomic mass is 10.2. The first-order valence-corrected chi connectivity index (χ1v) is 9.22. The molecule has 1 saturated heterocycles. The zero-order valence-electron chi connectivity index (χ0n) is 14.4. The summed E-state index contributed by atoms with van der Waals surface area (Å²) in [7, 11) is 0. The van der Waals surface area contributed by atoms with Gasteiger partial charge >= 0.3 is 0 Å². The fourth-order valence-electron chi connectivity index (χ4n) is 2.75. The van der Waals surface area contributed by atoms with Crippen LogP contribution in [0.5, 0.6) is 0 Å². The predicted octanol–water partition coefficient (Wildman–Crippen LogP) is 2.53. The van der Waals surface area contributed by atoms with Crippen LogP contribution in [-0.4, -0.2) is 36.2 Å². The summed E-state index contributed by atoms with van der Waals surface area (Å²) in [6.07, 6.45) is 1.33. The molecule has 10 heteroatoms. The number of carbonyl (C=O) groups is 1. The van der Waals surface area contributed by atoms with Crippen molar-refractivity contribution in [1.82, 2.24) is 14.5 Å². The van der Waals surface area contributed by atoms with E-state index < -0.39 is 10.5 Å². The van der Waals surface area contributed by atoms with Gasteiger partial charge in [-0.1, -0.05) is 30.0 Å². The average molecular weight is 395 g/mol. The van der Waals surface area contributed by atoms with Gasteiger partial charge in [0.15, 0.2) is 5.17 Å². The Kier molecular flexibility index (Phi) is 4.62. The molecule has 1 aromatic heterocycles. The monoisotopic (exact) mass is 395 g/mol. The number of aromatic nitrogens is 2. The van der Waals surface area contributed by atoms with Crippen molar-refractivity contribution in [2.45, 2.75) is 6.67 Å². The third-order valence-electron chi connectivity index (χ3n) is 4.15. The number of para-hydroxylation sites is 1. The summed E-state index contributed by atoms with van der Waals surface area (Å²) < 4.78 is 1.25. The number of aliphatic imine (C=N–C) groups is 1. The molecule has 0 saturated carbocycles. The van der Waals surface area contributed by atoms with Crippen molar-refractivity contribution in [1.29, 1.82) is 0 Å². The summed E-state index contributed by atoms with van der Waals surface area (Å²) in [4.78, 5) is 45.5. The normalized spacial score (nSPS) is 15.5. The summed E-state index contributed by atoms with van der Waals surface area (Å²) in [6.45, 7) is -0.0675. The largest absolute Gasteiger partial charge is 0.280 e. The molecule has 1 amide bonds. The average Bonchev–Trinajstić information content (AvgIpc) is 3.04. The molecule has 0 spiro atoms. The van der Waals surface area contributed by atoms with Gasteiger partial charge in [-0.2, -0.15) is 0 Å². The molecular formula is C18H13N5O4S. The first kappa shape index (κ1) is 17.9. The highest BCUT2D eigenvalue weighted by molar-refractivity contribution is 8.15. The Morgan fingerprint density at radius 1 is 1.18 bits per heavy atom. The van der Waals surface area contributed by atoms with Crippen molar-refractivity contribution in [3.05, 3.63) is 75.3 Å². The van der Waals surface area contributed by atoms with Crippen molar-refractivity contribution in [3.63, 3.8) is 0 Å². The fraction of sp³-hybridized carbons (Fsp3) is 0.111. The van der Waals surface area contributed by atoms with E-state index in [1.165, 1.54) is 45.8 Å². The Morgan fingerprint density at radius 3 is 2.71 bits per heavy atom. The summed E-state index contributed by atoms with van der Waals surface area (Å²) in [5.41, 5.74) is 0.400. The van der Waals surface area contributed by atoms with E-state index in [9.17, 15) is 19.7 Å². The van der Waals surface area contributed by atoms with Gasteiger partial charge in [0, 0.05) is 12.1 Å². The Hall–Kier alpha value is -3.53. The maximum absolute atomic E-state index is 12.8. The van der Waals surface area contributed by atoms with E-state index in [2.05, 4.69) is 9.98 Å². The number of nitro benzene ring substituents is 1. The van der Waals surface area contributed by atoms with E-state index in [1.807, 2.05) is 30.3 Å².